The van der Waals surface area contributed by atoms with Crippen LogP contribution in [0.5, 0.6) is 0 Å². The van der Waals surface area contributed by atoms with Gasteiger partial charge in [-0.2, -0.15) is 5.48 Å². The van der Waals surface area contributed by atoms with Crippen LogP contribution in [0.25, 0.3) is 22.3 Å². The van der Waals surface area contributed by atoms with Crippen molar-refractivity contribution in [2.24, 2.45) is 0 Å². The van der Waals surface area contributed by atoms with Crippen molar-refractivity contribution in [2.45, 2.75) is 26.8 Å². The first-order valence-electron chi connectivity index (χ1n) is 9.27. The molecule has 0 spiro atoms. The number of imidazole rings is 1. The van der Waals surface area contributed by atoms with Crippen molar-refractivity contribution < 1.29 is 15.1 Å². The standard InChI is InChI=1S/C21H21FN6O/c1-11-7-16(13(3)27-21-19-20(24-9-23-19)25-10-26-21)17(18(28-29)12(11)2)14-5-4-6-15(22)8-14/h4-10,13,28-29H,1-3H3,(H2,23,24,25,26,27)/p+1. The van der Waals surface area contributed by atoms with E-state index in [0.29, 0.717) is 28.2 Å². The number of quaternary nitrogens is 1. The van der Waals surface area contributed by atoms with Crippen LogP contribution in [0.4, 0.5) is 15.9 Å². The number of aromatic nitrogens is 4. The molecule has 0 saturated carbocycles. The zero-order chi connectivity index (χ0) is 20.5. The van der Waals surface area contributed by atoms with Gasteiger partial charge in [-0.15, -0.1) is 0 Å². The SMILES string of the molecule is Cc1cc(C(C)Nc2ncnc3nc[nH]c23)c(-c2cccc(F)c2)c([NH2+]O)c1C. The molecule has 0 aliphatic heterocycles. The lowest BCUT2D eigenvalue weighted by molar-refractivity contribution is -0.825. The molecule has 7 nitrogen and oxygen atoms in total. The van der Waals surface area contributed by atoms with Crippen LogP contribution >= 0.6 is 0 Å². The van der Waals surface area contributed by atoms with Crippen molar-refractivity contribution in [1.82, 2.24) is 19.9 Å². The van der Waals surface area contributed by atoms with E-state index in [4.69, 9.17) is 0 Å². The van der Waals surface area contributed by atoms with Gasteiger partial charge in [-0.1, -0.05) is 18.2 Å². The number of nitrogens with zero attached hydrogens (tertiary/aromatic N) is 3. The van der Waals surface area contributed by atoms with Gasteiger partial charge < -0.3 is 10.3 Å². The van der Waals surface area contributed by atoms with E-state index in [1.165, 1.54) is 18.5 Å². The molecule has 0 saturated heterocycles. The highest BCUT2D eigenvalue weighted by atomic mass is 19.1. The van der Waals surface area contributed by atoms with Gasteiger partial charge in [-0.05, 0) is 49.6 Å². The molecular formula is C21H22FN6O+. The van der Waals surface area contributed by atoms with E-state index in [9.17, 15) is 9.60 Å². The van der Waals surface area contributed by atoms with Crippen molar-refractivity contribution in [3.8, 4) is 11.1 Å². The van der Waals surface area contributed by atoms with Gasteiger partial charge in [0.15, 0.2) is 17.2 Å². The van der Waals surface area contributed by atoms with Crippen LogP contribution in [0.3, 0.4) is 0 Å². The third-order valence-corrected chi connectivity index (χ3v) is 5.21. The molecule has 4 rings (SSSR count). The third-order valence-electron chi connectivity index (χ3n) is 5.21. The summed E-state index contributed by atoms with van der Waals surface area (Å²) in [4.78, 5) is 15.7. The number of benzene rings is 2. The number of aromatic amines is 1. The molecule has 2 heterocycles. The summed E-state index contributed by atoms with van der Waals surface area (Å²) >= 11 is 0. The first-order valence-corrected chi connectivity index (χ1v) is 9.27. The van der Waals surface area contributed by atoms with Crippen molar-refractivity contribution in [3.63, 3.8) is 0 Å². The van der Waals surface area contributed by atoms with Crippen LogP contribution in [0.2, 0.25) is 0 Å². The van der Waals surface area contributed by atoms with Gasteiger partial charge in [0.25, 0.3) is 0 Å². The van der Waals surface area contributed by atoms with Crippen molar-refractivity contribution in [1.29, 1.82) is 0 Å². The number of anilines is 1. The molecule has 0 bridgehead atoms. The highest BCUT2D eigenvalue weighted by Gasteiger charge is 2.23. The summed E-state index contributed by atoms with van der Waals surface area (Å²) in [6, 6.07) is 8.27. The number of rotatable bonds is 5. The zero-order valence-electron chi connectivity index (χ0n) is 16.4. The number of hydrogen-bond donors (Lipinski definition) is 4. The molecule has 5 N–H and O–H groups in total. The second-order valence-corrected chi connectivity index (χ2v) is 7.03. The summed E-state index contributed by atoms with van der Waals surface area (Å²) in [5.74, 6) is 0.295. The lowest BCUT2D eigenvalue weighted by atomic mass is 9.89. The Morgan fingerprint density at radius 3 is 2.76 bits per heavy atom. The van der Waals surface area contributed by atoms with Gasteiger partial charge in [0.1, 0.15) is 17.7 Å². The predicted octanol–water partition coefficient (Wildman–Crippen LogP) is 3.53. The molecular weight excluding hydrogens is 371 g/mol. The fraction of sp³-hybridized carbons (Fsp3) is 0.190. The molecule has 2 aromatic carbocycles. The Morgan fingerprint density at radius 2 is 2.00 bits per heavy atom. The lowest BCUT2D eigenvalue weighted by Gasteiger charge is -2.22. The number of nitrogens with one attached hydrogen (secondary N) is 2. The summed E-state index contributed by atoms with van der Waals surface area (Å²) in [5, 5.41) is 13.4. The first kappa shape index (κ1) is 19.0. The molecule has 4 aromatic rings. The second-order valence-electron chi connectivity index (χ2n) is 7.03. The summed E-state index contributed by atoms with van der Waals surface area (Å²) in [6.45, 7) is 5.94. The molecule has 1 unspecified atom stereocenters. The number of aryl methyl sites for hydroxylation is 1. The lowest BCUT2D eigenvalue weighted by Crippen LogP contribution is -2.74. The summed E-state index contributed by atoms with van der Waals surface area (Å²) in [5.41, 5.74) is 7.44. The Labute approximate surface area is 167 Å². The third kappa shape index (κ3) is 3.43. The Kier molecular flexibility index (Phi) is 4.96. The number of hydrogen-bond acceptors (Lipinski definition) is 5. The molecule has 2 aromatic heterocycles. The van der Waals surface area contributed by atoms with E-state index in [0.717, 1.165) is 27.7 Å². The quantitative estimate of drug-likeness (QED) is 0.307. The molecule has 8 heteroatoms. The minimum Gasteiger partial charge on any atom is -0.362 e. The number of halogens is 1. The van der Waals surface area contributed by atoms with E-state index < -0.39 is 0 Å². The van der Waals surface area contributed by atoms with Crippen LogP contribution in [0.1, 0.15) is 29.7 Å². The molecule has 148 valence electrons. The van der Waals surface area contributed by atoms with Crippen LogP contribution < -0.4 is 10.8 Å². The van der Waals surface area contributed by atoms with Crippen LogP contribution in [-0.2, 0) is 0 Å². The Morgan fingerprint density at radius 1 is 1.17 bits per heavy atom. The number of H-pyrrole nitrogens is 1. The van der Waals surface area contributed by atoms with E-state index in [1.54, 1.807) is 12.4 Å². The zero-order valence-corrected chi connectivity index (χ0v) is 16.4. The predicted molar refractivity (Wildman–Crippen MR) is 108 cm³/mol. The van der Waals surface area contributed by atoms with Crippen molar-refractivity contribution in [3.05, 3.63) is 65.5 Å². The minimum atomic E-state index is -0.328. The molecule has 0 aliphatic rings. The monoisotopic (exact) mass is 393 g/mol. The average Bonchev–Trinajstić information content (AvgIpc) is 3.19. The molecule has 0 radical (unpaired) electrons. The maximum Gasteiger partial charge on any atom is 0.182 e. The molecule has 0 amide bonds. The van der Waals surface area contributed by atoms with Gasteiger partial charge in [0.05, 0.1) is 17.9 Å². The van der Waals surface area contributed by atoms with E-state index in [1.807, 2.05) is 26.8 Å². The minimum absolute atomic E-state index is 0.187. The smallest absolute Gasteiger partial charge is 0.182 e. The van der Waals surface area contributed by atoms with Gasteiger partial charge in [0, 0.05) is 5.56 Å². The van der Waals surface area contributed by atoms with Crippen molar-refractivity contribution in [2.75, 3.05) is 5.32 Å². The van der Waals surface area contributed by atoms with Crippen LogP contribution in [0, 0.1) is 19.7 Å². The molecule has 29 heavy (non-hydrogen) atoms. The highest BCUT2D eigenvalue weighted by Crippen LogP contribution is 2.38. The molecule has 0 aliphatic carbocycles. The molecule has 1 atom stereocenters. The summed E-state index contributed by atoms with van der Waals surface area (Å²) in [6.07, 6.45) is 3.03. The summed E-state index contributed by atoms with van der Waals surface area (Å²) in [7, 11) is 0. The second kappa shape index (κ2) is 7.57. The Hall–Kier alpha value is -3.36. The fourth-order valence-electron chi connectivity index (χ4n) is 3.60. The average molecular weight is 393 g/mol. The van der Waals surface area contributed by atoms with Crippen LogP contribution in [-0.4, -0.2) is 25.1 Å². The van der Waals surface area contributed by atoms with E-state index >= 15 is 0 Å². The van der Waals surface area contributed by atoms with Crippen LogP contribution in [0.15, 0.2) is 43.0 Å². The van der Waals surface area contributed by atoms with E-state index in [-0.39, 0.29) is 11.9 Å². The first-order chi connectivity index (χ1) is 14.0. The van der Waals surface area contributed by atoms with E-state index in [2.05, 4.69) is 31.3 Å². The number of nitrogens with two attached hydrogens (primary N) is 1. The largest absolute Gasteiger partial charge is 0.362 e. The fourth-order valence-corrected chi connectivity index (χ4v) is 3.60. The highest BCUT2D eigenvalue weighted by molar-refractivity contribution is 5.83. The van der Waals surface area contributed by atoms with Gasteiger partial charge >= 0.3 is 0 Å². The van der Waals surface area contributed by atoms with Gasteiger partial charge in [-0.25, -0.2) is 24.5 Å². The molecule has 0 fully saturated rings. The topological polar surface area (TPSA) is 103 Å². The van der Waals surface area contributed by atoms with Gasteiger partial charge in [0.2, 0.25) is 0 Å². The van der Waals surface area contributed by atoms with Gasteiger partial charge in [-0.3, -0.25) is 0 Å². The Balaban J connectivity index is 1.86. The Bertz CT molecular complexity index is 1190. The normalized spacial score (nSPS) is 12.3. The summed E-state index contributed by atoms with van der Waals surface area (Å²) < 4.78 is 14.0. The maximum atomic E-state index is 14.0. The van der Waals surface area contributed by atoms with Crippen molar-refractivity contribution >= 4 is 22.7 Å². The maximum absolute atomic E-state index is 14.0. The number of fused-ring (bicyclic) bond motifs is 1.